The summed E-state index contributed by atoms with van der Waals surface area (Å²) in [5, 5.41) is 0. The molecule has 3 fully saturated rings. The van der Waals surface area contributed by atoms with Crippen LogP contribution in [-0.2, 0) is 0 Å². The molecule has 3 saturated heterocycles. The molecule has 0 aliphatic carbocycles. The quantitative estimate of drug-likeness (QED) is 0.802. The molecule has 3 heterocycles. The molecule has 3 aliphatic heterocycles. The van der Waals surface area contributed by atoms with Gasteiger partial charge in [0.1, 0.15) is 17.6 Å². The molecule has 2 aromatic rings. The normalized spacial score (nSPS) is 24.3. The van der Waals surface area contributed by atoms with Crippen molar-refractivity contribution in [2.45, 2.75) is 18.9 Å². The number of ether oxygens (including phenoxy) is 2. The van der Waals surface area contributed by atoms with Gasteiger partial charge in [0.15, 0.2) is 0 Å². The van der Waals surface area contributed by atoms with Gasteiger partial charge in [-0.2, -0.15) is 0 Å². The molecule has 5 rings (SSSR count). The number of hydrogen-bond donors (Lipinski definition) is 0. The van der Waals surface area contributed by atoms with Gasteiger partial charge in [0, 0.05) is 17.7 Å². The van der Waals surface area contributed by atoms with Gasteiger partial charge in [-0.15, -0.1) is 0 Å². The second-order valence-electron chi connectivity index (χ2n) is 6.80. The zero-order valence-electron chi connectivity index (χ0n) is 14.6. The summed E-state index contributed by atoms with van der Waals surface area (Å²) in [6.07, 6.45) is 2.89. The Morgan fingerprint density at radius 2 is 1.40 bits per heavy atom. The van der Waals surface area contributed by atoms with Crippen LogP contribution in [0.15, 0.2) is 48.5 Å². The third kappa shape index (κ3) is 3.81. The second kappa shape index (κ2) is 7.21. The van der Waals surface area contributed by atoms with Crippen molar-refractivity contribution in [1.82, 2.24) is 4.90 Å². The first-order valence-electron chi connectivity index (χ1n) is 8.95. The van der Waals surface area contributed by atoms with Crippen LogP contribution in [0, 0.1) is 17.8 Å². The maximum absolute atomic E-state index is 6.23. The lowest BCUT2D eigenvalue weighted by atomic mass is 9.86. The lowest BCUT2D eigenvalue weighted by Gasteiger charge is -2.44. The first kappa shape index (κ1) is 16.1. The molecular formula is C22H23NO2. The van der Waals surface area contributed by atoms with E-state index in [2.05, 4.69) is 16.7 Å². The van der Waals surface area contributed by atoms with Crippen molar-refractivity contribution in [2.75, 3.05) is 26.7 Å². The van der Waals surface area contributed by atoms with Gasteiger partial charge < -0.3 is 9.47 Å². The van der Waals surface area contributed by atoms with Crippen LogP contribution in [0.2, 0.25) is 0 Å². The molecule has 3 aliphatic rings. The number of methoxy groups -OCH3 is 1. The number of benzene rings is 2. The van der Waals surface area contributed by atoms with Crippen LogP contribution in [-0.4, -0.2) is 37.7 Å². The standard InChI is InChI=1S/C22H23NO2/c1-24-20-8-4-17(5-9-20)2-3-18-6-10-21(11-7-18)25-22-16-23-14-12-19(22)13-15-23/h4-11,19,22H,12-16H2,1H3. The Kier molecular flexibility index (Phi) is 4.63. The summed E-state index contributed by atoms with van der Waals surface area (Å²) in [6, 6.07) is 15.9. The first-order valence-corrected chi connectivity index (χ1v) is 8.95. The van der Waals surface area contributed by atoms with E-state index in [9.17, 15) is 0 Å². The third-order valence-electron chi connectivity index (χ3n) is 5.18. The first-order chi connectivity index (χ1) is 12.3. The zero-order valence-corrected chi connectivity index (χ0v) is 14.6. The van der Waals surface area contributed by atoms with Crippen LogP contribution >= 0.6 is 0 Å². The highest BCUT2D eigenvalue weighted by molar-refractivity contribution is 5.45. The van der Waals surface area contributed by atoms with Gasteiger partial charge in [0.25, 0.3) is 0 Å². The summed E-state index contributed by atoms with van der Waals surface area (Å²) in [5.74, 6) is 8.91. The van der Waals surface area contributed by atoms with Gasteiger partial charge in [-0.1, -0.05) is 11.8 Å². The van der Waals surface area contributed by atoms with Crippen LogP contribution in [0.4, 0.5) is 0 Å². The summed E-state index contributed by atoms with van der Waals surface area (Å²) in [6.45, 7) is 3.55. The summed E-state index contributed by atoms with van der Waals surface area (Å²) in [5.41, 5.74) is 1.98. The summed E-state index contributed by atoms with van der Waals surface area (Å²) in [4.78, 5) is 2.51. The maximum Gasteiger partial charge on any atom is 0.119 e. The van der Waals surface area contributed by atoms with Crippen molar-refractivity contribution in [1.29, 1.82) is 0 Å². The molecule has 1 unspecified atom stereocenters. The smallest absolute Gasteiger partial charge is 0.119 e. The highest BCUT2D eigenvalue weighted by atomic mass is 16.5. The van der Waals surface area contributed by atoms with Gasteiger partial charge in [-0.05, 0) is 80.4 Å². The van der Waals surface area contributed by atoms with E-state index in [1.807, 2.05) is 48.5 Å². The minimum atomic E-state index is 0.346. The van der Waals surface area contributed by atoms with Crippen LogP contribution in [0.25, 0.3) is 0 Å². The Morgan fingerprint density at radius 1 is 0.840 bits per heavy atom. The Balaban J connectivity index is 1.39. The summed E-state index contributed by atoms with van der Waals surface area (Å²) < 4.78 is 11.4. The van der Waals surface area contributed by atoms with E-state index in [0.29, 0.717) is 6.10 Å². The second-order valence-corrected chi connectivity index (χ2v) is 6.80. The fraction of sp³-hybridized carbons (Fsp3) is 0.364. The molecule has 3 heteroatoms. The molecule has 2 bridgehead atoms. The predicted octanol–water partition coefficient (Wildman–Crippen LogP) is 3.57. The van der Waals surface area contributed by atoms with E-state index in [0.717, 1.165) is 35.1 Å². The van der Waals surface area contributed by atoms with Gasteiger partial charge >= 0.3 is 0 Å². The lowest BCUT2D eigenvalue weighted by Crippen LogP contribution is -2.52. The number of nitrogens with zero attached hydrogens (tertiary/aromatic N) is 1. The monoisotopic (exact) mass is 333 g/mol. The molecule has 3 nitrogen and oxygen atoms in total. The molecule has 0 spiro atoms. The fourth-order valence-electron chi connectivity index (χ4n) is 3.65. The Hall–Kier alpha value is -2.44. The molecule has 25 heavy (non-hydrogen) atoms. The van der Waals surface area contributed by atoms with Crippen LogP contribution in [0.1, 0.15) is 24.0 Å². The lowest BCUT2D eigenvalue weighted by molar-refractivity contribution is -0.00775. The number of piperidine rings is 3. The third-order valence-corrected chi connectivity index (χ3v) is 5.18. The Morgan fingerprint density at radius 3 is 1.88 bits per heavy atom. The van der Waals surface area contributed by atoms with E-state index < -0.39 is 0 Å². The zero-order chi connectivity index (χ0) is 17.1. The van der Waals surface area contributed by atoms with Gasteiger partial charge in [-0.25, -0.2) is 0 Å². The fourth-order valence-corrected chi connectivity index (χ4v) is 3.65. The number of hydrogen-bond acceptors (Lipinski definition) is 3. The van der Waals surface area contributed by atoms with Crippen molar-refractivity contribution in [2.24, 2.45) is 5.92 Å². The molecule has 128 valence electrons. The van der Waals surface area contributed by atoms with Crippen LogP contribution in [0.3, 0.4) is 0 Å². The molecule has 0 radical (unpaired) electrons. The summed E-state index contributed by atoms with van der Waals surface area (Å²) >= 11 is 0. The average molecular weight is 333 g/mol. The Bertz CT molecular complexity index is 762. The van der Waals surface area contributed by atoms with Gasteiger partial charge in [0.2, 0.25) is 0 Å². The van der Waals surface area contributed by atoms with Gasteiger partial charge in [0.05, 0.1) is 7.11 Å². The topological polar surface area (TPSA) is 21.7 Å². The number of fused-ring (bicyclic) bond motifs is 3. The van der Waals surface area contributed by atoms with Crippen molar-refractivity contribution < 1.29 is 9.47 Å². The highest BCUT2D eigenvalue weighted by Gasteiger charge is 2.35. The molecule has 0 saturated carbocycles. The molecule has 1 atom stereocenters. The summed E-state index contributed by atoms with van der Waals surface area (Å²) in [7, 11) is 1.67. The largest absolute Gasteiger partial charge is 0.497 e. The molecule has 0 N–H and O–H groups in total. The minimum absolute atomic E-state index is 0.346. The molecule has 2 aromatic carbocycles. The predicted molar refractivity (Wildman–Crippen MR) is 99.0 cm³/mol. The van der Waals surface area contributed by atoms with Crippen LogP contribution in [0.5, 0.6) is 11.5 Å². The van der Waals surface area contributed by atoms with E-state index in [-0.39, 0.29) is 0 Å². The minimum Gasteiger partial charge on any atom is -0.497 e. The number of rotatable bonds is 3. The SMILES string of the molecule is COc1ccc(C#Cc2ccc(OC3CN4CCC3CC4)cc2)cc1. The maximum atomic E-state index is 6.23. The van der Waals surface area contributed by atoms with E-state index >= 15 is 0 Å². The van der Waals surface area contributed by atoms with E-state index in [1.54, 1.807) is 7.11 Å². The van der Waals surface area contributed by atoms with Crippen molar-refractivity contribution in [3.8, 4) is 23.3 Å². The average Bonchev–Trinajstić information content (AvgIpc) is 2.69. The van der Waals surface area contributed by atoms with Gasteiger partial charge in [-0.3, -0.25) is 4.90 Å². The van der Waals surface area contributed by atoms with Crippen LogP contribution < -0.4 is 9.47 Å². The van der Waals surface area contributed by atoms with Crippen molar-refractivity contribution >= 4 is 0 Å². The van der Waals surface area contributed by atoms with E-state index in [1.165, 1.54) is 25.9 Å². The van der Waals surface area contributed by atoms with Crippen molar-refractivity contribution in [3.05, 3.63) is 59.7 Å². The molecule has 0 amide bonds. The molecular weight excluding hydrogens is 310 g/mol. The molecule has 0 aromatic heterocycles. The Labute approximate surface area is 149 Å². The highest BCUT2D eigenvalue weighted by Crippen LogP contribution is 2.30. The van der Waals surface area contributed by atoms with E-state index in [4.69, 9.17) is 9.47 Å². The van der Waals surface area contributed by atoms with Crippen molar-refractivity contribution in [3.63, 3.8) is 0 Å².